The summed E-state index contributed by atoms with van der Waals surface area (Å²) in [5, 5.41) is 0. The van der Waals surface area contributed by atoms with E-state index in [1.165, 1.54) is 6.07 Å². The van der Waals surface area contributed by atoms with Crippen LogP contribution in [0.15, 0.2) is 24.3 Å². The van der Waals surface area contributed by atoms with E-state index in [0.717, 1.165) is 12.1 Å². The second kappa shape index (κ2) is 8.07. The summed E-state index contributed by atoms with van der Waals surface area (Å²) < 4.78 is 33.8. The first-order valence-electron chi connectivity index (χ1n) is 6.29. The minimum Gasteiger partial charge on any atom is -0.435 e. The molecular formula is C14H21F2NO2. The summed E-state index contributed by atoms with van der Waals surface area (Å²) in [7, 11) is 1.66. The molecule has 0 aliphatic rings. The molecule has 0 aromatic heterocycles. The van der Waals surface area contributed by atoms with E-state index in [-0.39, 0.29) is 5.75 Å². The molecule has 5 heteroatoms. The zero-order valence-corrected chi connectivity index (χ0v) is 11.6. The lowest BCUT2D eigenvalue weighted by molar-refractivity contribution is -0.0499. The van der Waals surface area contributed by atoms with Gasteiger partial charge in [0.15, 0.2) is 0 Å². The van der Waals surface area contributed by atoms with Crippen LogP contribution in [0.1, 0.15) is 19.4 Å². The number of methoxy groups -OCH3 is 1. The van der Waals surface area contributed by atoms with E-state index in [2.05, 4.69) is 23.5 Å². The highest BCUT2D eigenvalue weighted by Crippen LogP contribution is 2.17. The third-order valence-corrected chi connectivity index (χ3v) is 2.82. The molecule has 0 N–H and O–H groups in total. The van der Waals surface area contributed by atoms with Crippen molar-refractivity contribution in [3.05, 3.63) is 29.8 Å². The van der Waals surface area contributed by atoms with Gasteiger partial charge < -0.3 is 9.47 Å². The molecule has 0 spiro atoms. The molecule has 19 heavy (non-hydrogen) atoms. The number of benzene rings is 1. The van der Waals surface area contributed by atoms with Crippen molar-refractivity contribution < 1.29 is 18.3 Å². The van der Waals surface area contributed by atoms with Crippen molar-refractivity contribution in [1.82, 2.24) is 4.90 Å². The average molecular weight is 273 g/mol. The molecule has 1 aromatic carbocycles. The third kappa shape index (κ3) is 5.98. The minimum absolute atomic E-state index is 0.197. The number of hydrogen-bond acceptors (Lipinski definition) is 3. The lowest BCUT2D eigenvalue weighted by Crippen LogP contribution is -2.33. The average Bonchev–Trinajstić information content (AvgIpc) is 2.33. The van der Waals surface area contributed by atoms with Crippen molar-refractivity contribution in [2.75, 3.05) is 20.3 Å². The van der Waals surface area contributed by atoms with Gasteiger partial charge in [-0.3, -0.25) is 4.90 Å². The Hall–Kier alpha value is -1.20. The topological polar surface area (TPSA) is 21.7 Å². The Kier molecular flexibility index (Phi) is 6.73. The minimum atomic E-state index is -2.79. The van der Waals surface area contributed by atoms with Gasteiger partial charge >= 0.3 is 6.61 Å². The summed E-state index contributed by atoms with van der Waals surface area (Å²) in [6, 6.07) is 7.16. The molecule has 1 rings (SSSR count). The molecule has 0 saturated heterocycles. The van der Waals surface area contributed by atoms with Gasteiger partial charge in [-0.25, -0.2) is 0 Å². The van der Waals surface area contributed by atoms with Crippen LogP contribution in [0.25, 0.3) is 0 Å². The van der Waals surface area contributed by atoms with Gasteiger partial charge in [-0.15, -0.1) is 0 Å². The second-order valence-corrected chi connectivity index (χ2v) is 4.58. The van der Waals surface area contributed by atoms with E-state index >= 15 is 0 Å². The van der Waals surface area contributed by atoms with Crippen LogP contribution in [0, 0.1) is 0 Å². The lowest BCUT2D eigenvalue weighted by Gasteiger charge is -2.26. The Labute approximate surface area is 113 Å². The molecule has 0 bridgehead atoms. The van der Waals surface area contributed by atoms with Gasteiger partial charge in [-0.1, -0.05) is 12.1 Å². The van der Waals surface area contributed by atoms with Crippen LogP contribution in [0.2, 0.25) is 0 Å². The van der Waals surface area contributed by atoms with Crippen molar-refractivity contribution in [1.29, 1.82) is 0 Å². The van der Waals surface area contributed by atoms with Crippen LogP contribution in [-0.4, -0.2) is 37.8 Å². The van der Waals surface area contributed by atoms with Gasteiger partial charge in [0.1, 0.15) is 5.75 Å². The summed E-state index contributed by atoms with van der Waals surface area (Å²) in [6.07, 6.45) is 0. The molecule has 0 heterocycles. The Bertz CT molecular complexity index is 372. The van der Waals surface area contributed by atoms with E-state index in [1.807, 2.05) is 6.07 Å². The normalized spacial score (nSPS) is 11.6. The Morgan fingerprint density at radius 1 is 1.26 bits per heavy atom. The van der Waals surface area contributed by atoms with Gasteiger partial charge in [0.25, 0.3) is 0 Å². The van der Waals surface area contributed by atoms with Crippen molar-refractivity contribution in [3.8, 4) is 5.75 Å². The highest BCUT2D eigenvalue weighted by atomic mass is 19.3. The molecule has 0 fully saturated rings. The Morgan fingerprint density at radius 2 is 2.00 bits per heavy atom. The zero-order chi connectivity index (χ0) is 14.3. The third-order valence-electron chi connectivity index (χ3n) is 2.82. The lowest BCUT2D eigenvalue weighted by atomic mass is 10.2. The van der Waals surface area contributed by atoms with Crippen molar-refractivity contribution in [2.24, 2.45) is 0 Å². The number of nitrogens with zero attached hydrogens (tertiary/aromatic N) is 1. The summed E-state index contributed by atoms with van der Waals surface area (Å²) in [4.78, 5) is 2.21. The molecule has 0 aliphatic carbocycles. The fourth-order valence-electron chi connectivity index (χ4n) is 1.78. The molecule has 0 unspecified atom stereocenters. The van der Waals surface area contributed by atoms with Crippen LogP contribution in [-0.2, 0) is 11.3 Å². The van der Waals surface area contributed by atoms with E-state index in [0.29, 0.717) is 19.2 Å². The largest absolute Gasteiger partial charge is 0.435 e. The molecule has 0 saturated carbocycles. The number of rotatable bonds is 8. The maximum Gasteiger partial charge on any atom is 0.387 e. The second-order valence-electron chi connectivity index (χ2n) is 4.58. The first-order chi connectivity index (χ1) is 9.02. The molecule has 0 amide bonds. The SMILES string of the molecule is COCCN(Cc1cccc(OC(F)F)c1)C(C)C. The highest BCUT2D eigenvalue weighted by Gasteiger charge is 2.11. The summed E-state index contributed by atoms with van der Waals surface area (Å²) in [6.45, 7) is 3.52. The van der Waals surface area contributed by atoms with Gasteiger partial charge in [0.2, 0.25) is 0 Å². The summed E-state index contributed by atoms with van der Waals surface area (Å²) in [5.74, 6) is 0.197. The summed E-state index contributed by atoms with van der Waals surface area (Å²) >= 11 is 0. The number of ether oxygens (including phenoxy) is 2. The smallest absolute Gasteiger partial charge is 0.387 e. The van der Waals surface area contributed by atoms with Gasteiger partial charge in [-0.05, 0) is 31.5 Å². The fraction of sp³-hybridized carbons (Fsp3) is 0.571. The monoisotopic (exact) mass is 273 g/mol. The molecule has 1 aromatic rings. The Morgan fingerprint density at radius 3 is 2.58 bits per heavy atom. The quantitative estimate of drug-likeness (QED) is 0.726. The van der Waals surface area contributed by atoms with Crippen LogP contribution in [0.4, 0.5) is 8.78 Å². The van der Waals surface area contributed by atoms with E-state index < -0.39 is 6.61 Å². The van der Waals surface area contributed by atoms with E-state index in [1.54, 1.807) is 19.2 Å². The van der Waals surface area contributed by atoms with Gasteiger partial charge in [-0.2, -0.15) is 8.78 Å². The summed E-state index contributed by atoms with van der Waals surface area (Å²) in [5.41, 5.74) is 0.947. The first-order valence-corrected chi connectivity index (χ1v) is 6.29. The van der Waals surface area contributed by atoms with Crippen molar-refractivity contribution >= 4 is 0 Å². The van der Waals surface area contributed by atoms with Crippen molar-refractivity contribution in [2.45, 2.75) is 33.0 Å². The molecule has 108 valence electrons. The van der Waals surface area contributed by atoms with Crippen LogP contribution in [0.3, 0.4) is 0 Å². The Balaban J connectivity index is 2.67. The zero-order valence-electron chi connectivity index (χ0n) is 11.6. The van der Waals surface area contributed by atoms with E-state index in [9.17, 15) is 8.78 Å². The van der Waals surface area contributed by atoms with Crippen LogP contribution < -0.4 is 4.74 Å². The maximum atomic E-state index is 12.2. The molecule has 0 radical (unpaired) electrons. The highest BCUT2D eigenvalue weighted by molar-refractivity contribution is 5.28. The number of hydrogen-bond donors (Lipinski definition) is 0. The number of alkyl halides is 2. The number of halogens is 2. The van der Waals surface area contributed by atoms with Crippen LogP contribution in [0.5, 0.6) is 5.75 Å². The molecule has 3 nitrogen and oxygen atoms in total. The maximum absolute atomic E-state index is 12.2. The predicted octanol–water partition coefficient (Wildman–Crippen LogP) is 3.14. The van der Waals surface area contributed by atoms with Crippen LogP contribution >= 0.6 is 0 Å². The fourth-order valence-corrected chi connectivity index (χ4v) is 1.78. The van der Waals surface area contributed by atoms with E-state index in [4.69, 9.17) is 4.74 Å². The predicted molar refractivity (Wildman–Crippen MR) is 70.5 cm³/mol. The van der Waals surface area contributed by atoms with Crippen molar-refractivity contribution in [3.63, 3.8) is 0 Å². The first kappa shape index (κ1) is 15.9. The van der Waals surface area contributed by atoms with Gasteiger partial charge in [0, 0.05) is 26.2 Å². The molecular weight excluding hydrogens is 252 g/mol. The standard InChI is InChI=1S/C14H21F2NO2/c1-11(2)17(7-8-18-3)10-12-5-4-6-13(9-12)19-14(15)16/h4-6,9,11,14H,7-8,10H2,1-3H3. The van der Waals surface area contributed by atoms with Gasteiger partial charge in [0.05, 0.1) is 6.61 Å². The molecule has 0 aliphatic heterocycles. The molecule has 0 atom stereocenters.